The first-order valence-corrected chi connectivity index (χ1v) is 20.3. The second-order valence-electron chi connectivity index (χ2n) is 16.8. The van der Waals surface area contributed by atoms with Crippen LogP contribution >= 0.6 is 0 Å². The highest BCUT2D eigenvalue weighted by Gasteiger charge is 2.55. The van der Waals surface area contributed by atoms with Crippen molar-refractivity contribution in [3.8, 4) is 11.1 Å². The van der Waals surface area contributed by atoms with E-state index in [9.17, 15) is 0 Å². The third-order valence-electron chi connectivity index (χ3n) is 14.4. The summed E-state index contributed by atoms with van der Waals surface area (Å²) in [6.45, 7) is 0. The van der Waals surface area contributed by atoms with Crippen molar-refractivity contribution in [3.63, 3.8) is 0 Å². The molecule has 12 unspecified atom stereocenters. The van der Waals surface area contributed by atoms with Crippen LogP contribution in [0.4, 0.5) is 5.69 Å². The number of likely N-dealkylation sites (tertiary alicyclic amines) is 1. The van der Waals surface area contributed by atoms with Gasteiger partial charge in [0.05, 0.1) is 12.1 Å². The minimum Gasteiger partial charge on any atom is -0.357 e. The third kappa shape index (κ3) is 5.31. The maximum atomic E-state index is 3.14. The SMILES string of the molecule is C1=CC2C3C=C(C4CC=CC5C6CCCCC6N(C6C=CC(C7CC=CCC7)CC6)C45)C=CC3N(c3ccc(-c4ccccc4)cc3)C2C=C1. The number of anilines is 1. The van der Waals surface area contributed by atoms with Crippen LogP contribution in [0.5, 0.6) is 0 Å². The van der Waals surface area contributed by atoms with Gasteiger partial charge in [0.25, 0.3) is 0 Å². The Morgan fingerprint density at radius 1 is 0.600 bits per heavy atom. The molecule has 3 fully saturated rings. The molecule has 256 valence electrons. The van der Waals surface area contributed by atoms with Crippen LogP contribution in [0.1, 0.15) is 64.2 Å². The summed E-state index contributed by atoms with van der Waals surface area (Å²) >= 11 is 0. The molecule has 0 radical (unpaired) electrons. The lowest BCUT2D eigenvalue weighted by Crippen LogP contribution is -2.50. The molecule has 2 heterocycles. The van der Waals surface area contributed by atoms with E-state index in [1.54, 1.807) is 5.57 Å². The molecule has 0 spiro atoms. The van der Waals surface area contributed by atoms with Gasteiger partial charge < -0.3 is 4.90 Å². The standard InChI is InChI=1S/C48H54N2/c1-3-12-33(13-4-1)35-22-27-38(28-23-35)49-45-20-9-8-17-42(45)44-32-37(26-31-47(44)49)40-18-11-19-43-41-16-7-10-21-46(41)50(48(40)43)39-29-24-36(25-30-39)34-14-5-2-6-15-34/h1-5,8-9,11-13,17,19-20,22-24,26-29,31-32,34,36,39-48H,6-7,10,14-16,18,21,25,30H2. The zero-order valence-electron chi connectivity index (χ0n) is 29.6. The Kier molecular flexibility index (Phi) is 8.20. The first-order chi connectivity index (χ1) is 24.8. The maximum Gasteiger partial charge on any atom is 0.0552 e. The number of rotatable bonds is 5. The summed E-state index contributed by atoms with van der Waals surface area (Å²) in [4.78, 5) is 5.86. The van der Waals surface area contributed by atoms with Crippen molar-refractivity contribution in [1.82, 2.24) is 4.90 Å². The minimum atomic E-state index is 0.383. The average Bonchev–Trinajstić information content (AvgIpc) is 3.71. The van der Waals surface area contributed by atoms with E-state index in [0.29, 0.717) is 47.8 Å². The van der Waals surface area contributed by atoms with Crippen molar-refractivity contribution < 1.29 is 0 Å². The summed E-state index contributed by atoms with van der Waals surface area (Å²) in [5, 5.41) is 0. The first-order valence-electron chi connectivity index (χ1n) is 20.3. The Morgan fingerprint density at radius 3 is 2.28 bits per heavy atom. The van der Waals surface area contributed by atoms with E-state index in [0.717, 1.165) is 23.8 Å². The molecule has 2 nitrogen and oxygen atoms in total. The van der Waals surface area contributed by atoms with Crippen LogP contribution in [-0.2, 0) is 0 Å². The van der Waals surface area contributed by atoms with Crippen molar-refractivity contribution in [2.75, 3.05) is 4.90 Å². The molecule has 0 amide bonds. The van der Waals surface area contributed by atoms with Crippen LogP contribution in [0, 0.1) is 41.4 Å². The molecule has 0 N–H and O–H groups in total. The first kappa shape index (κ1) is 31.1. The van der Waals surface area contributed by atoms with Crippen LogP contribution in [0.25, 0.3) is 11.1 Å². The Morgan fingerprint density at radius 2 is 1.44 bits per heavy atom. The third-order valence-corrected chi connectivity index (χ3v) is 14.4. The Hall–Kier alpha value is -3.62. The van der Waals surface area contributed by atoms with Crippen LogP contribution in [0.3, 0.4) is 0 Å². The van der Waals surface area contributed by atoms with E-state index in [4.69, 9.17) is 0 Å². The molecule has 50 heavy (non-hydrogen) atoms. The second-order valence-corrected chi connectivity index (χ2v) is 16.8. The number of allylic oxidation sites excluding steroid dienone is 7. The van der Waals surface area contributed by atoms with Gasteiger partial charge in [-0.3, -0.25) is 4.90 Å². The molecule has 2 aliphatic heterocycles. The summed E-state index contributed by atoms with van der Waals surface area (Å²) in [7, 11) is 0. The zero-order valence-corrected chi connectivity index (χ0v) is 29.6. The fraction of sp³-hybridized carbons (Fsp3) is 0.458. The number of benzene rings is 2. The van der Waals surface area contributed by atoms with Crippen LogP contribution in [-0.4, -0.2) is 35.1 Å². The van der Waals surface area contributed by atoms with Gasteiger partial charge in [0, 0.05) is 41.6 Å². The molecule has 8 aliphatic rings. The molecule has 6 aliphatic carbocycles. The molecule has 2 saturated heterocycles. The minimum absolute atomic E-state index is 0.383. The number of hydrogen-bond acceptors (Lipinski definition) is 2. The van der Waals surface area contributed by atoms with Crippen molar-refractivity contribution in [2.24, 2.45) is 41.4 Å². The Bertz CT molecular complexity index is 1750. The van der Waals surface area contributed by atoms with E-state index in [2.05, 4.69) is 143 Å². The Balaban J connectivity index is 0.948. The van der Waals surface area contributed by atoms with Gasteiger partial charge in [-0.05, 0) is 104 Å². The van der Waals surface area contributed by atoms with Gasteiger partial charge in [0.1, 0.15) is 0 Å². The van der Waals surface area contributed by atoms with Gasteiger partial charge in [-0.1, -0.05) is 134 Å². The van der Waals surface area contributed by atoms with Gasteiger partial charge in [-0.15, -0.1) is 0 Å². The molecule has 1 saturated carbocycles. The summed E-state index contributed by atoms with van der Waals surface area (Å²) in [6.07, 6.45) is 46.6. The molecular formula is C48H54N2. The summed E-state index contributed by atoms with van der Waals surface area (Å²) in [5.74, 6) is 4.77. The van der Waals surface area contributed by atoms with E-state index in [-0.39, 0.29) is 0 Å². The van der Waals surface area contributed by atoms with Gasteiger partial charge in [-0.2, -0.15) is 0 Å². The second kappa shape index (κ2) is 13.2. The normalized spacial score (nSPS) is 39.9. The number of fused-ring (bicyclic) bond motifs is 6. The van der Waals surface area contributed by atoms with Crippen molar-refractivity contribution in [3.05, 3.63) is 139 Å². The quantitative estimate of drug-likeness (QED) is 0.295. The molecule has 10 rings (SSSR count). The Labute approximate surface area is 300 Å². The van der Waals surface area contributed by atoms with Crippen molar-refractivity contribution in [1.29, 1.82) is 0 Å². The lowest BCUT2D eigenvalue weighted by Gasteiger charge is -2.45. The fourth-order valence-electron chi connectivity index (χ4n) is 12.2. The van der Waals surface area contributed by atoms with Crippen LogP contribution in [0.2, 0.25) is 0 Å². The summed E-state index contributed by atoms with van der Waals surface area (Å²) < 4.78 is 0. The van der Waals surface area contributed by atoms with Crippen LogP contribution < -0.4 is 4.90 Å². The predicted octanol–water partition coefficient (Wildman–Crippen LogP) is 10.9. The topological polar surface area (TPSA) is 6.48 Å². The molecule has 2 heteroatoms. The van der Waals surface area contributed by atoms with Gasteiger partial charge in [0.2, 0.25) is 0 Å². The summed E-state index contributed by atoms with van der Waals surface area (Å²) in [5.41, 5.74) is 5.54. The highest BCUT2D eigenvalue weighted by molar-refractivity contribution is 5.67. The fourth-order valence-corrected chi connectivity index (χ4v) is 12.2. The smallest absolute Gasteiger partial charge is 0.0552 e. The molecule has 0 bridgehead atoms. The van der Waals surface area contributed by atoms with Gasteiger partial charge in [-0.25, -0.2) is 0 Å². The van der Waals surface area contributed by atoms with E-state index in [1.165, 1.54) is 81.0 Å². The molecule has 12 atom stereocenters. The lowest BCUT2D eigenvalue weighted by molar-refractivity contribution is 0.0849. The van der Waals surface area contributed by atoms with Crippen molar-refractivity contribution >= 4 is 5.69 Å². The monoisotopic (exact) mass is 658 g/mol. The predicted molar refractivity (Wildman–Crippen MR) is 209 cm³/mol. The zero-order chi connectivity index (χ0) is 33.0. The maximum absolute atomic E-state index is 3.14. The largest absolute Gasteiger partial charge is 0.357 e. The lowest BCUT2D eigenvalue weighted by atomic mass is 9.70. The van der Waals surface area contributed by atoms with Crippen LogP contribution in [0.15, 0.2) is 139 Å². The number of nitrogens with zero attached hydrogens (tertiary/aromatic N) is 2. The van der Waals surface area contributed by atoms with Gasteiger partial charge >= 0.3 is 0 Å². The van der Waals surface area contributed by atoms with Crippen molar-refractivity contribution in [2.45, 2.75) is 94.4 Å². The molecule has 0 aromatic heterocycles. The number of hydrogen-bond donors (Lipinski definition) is 0. The molecular weight excluding hydrogens is 605 g/mol. The van der Waals surface area contributed by atoms with Gasteiger partial charge in [0.15, 0.2) is 0 Å². The highest BCUT2D eigenvalue weighted by Crippen LogP contribution is 2.54. The summed E-state index contributed by atoms with van der Waals surface area (Å²) in [6, 6.07) is 22.9. The molecule has 2 aromatic rings. The average molecular weight is 659 g/mol. The molecule has 2 aromatic carbocycles. The van der Waals surface area contributed by atoms with E-state index < -0.39 is 0 Å². The van der Waals surface area contributed by atoms with E-state index >= 15 is 0 Å². The van der Waals surface area contributed by atoms with E-state index in [1.807, 2.05) is 0 Å². The highest BCUT2D eigenvalue weighted by atomic mass is 15.3.